The Morgan fingerprint density at radius 2 is 1.92 bits per heavy atom. The zero-order valence-corrected chi connectivity index (χ0v) is 15.5. The van der Waals surface area contributed by atoms with Gasteiger partial charge in [-0.15, -0.1) is 0 Å². The van der Waals surface area contributed by atoms with E-state index in [1.165, 1.54) is 30.3 Å². The smallest absolute Gasteiger partial charge is 0.326 e. The number of nitrogens with zero attached hydrogens (tertiary/aromatic N) is 2. The van der Waals surface area contributed by atoms with Crippen LogP contribution in [0.5, 0.6) is 0 Å². The minimum absolute atomic E-state index is 0.175. The number of esters is 1. The number of rotatable bonds is 6. The van der Waals surface area contributed by atoms with Crippen molar-refractivity contribution >= 4 is 39.0 Å². The maximum absolute atomic E-state index is 13.1. The first kappa shape index (κ1) is 19.7. The molecule has 2 aromatic carbocycles. The summed E-state index contributed by atoms with van der Waals surface area (Å²) in [5.41, 5.74) is 0.230. The third kappa shape index (κ3) is 3.94. The average molecular weight is 399 g/mol. The average Bonchev–Trinajstić information content (AvgIpc) is 2.62. The van der Waals surface area contributed by atoms with Crippen LogP contribution in [0.15, 0.2) is 47.4 Å². The molecular formula is C16H15ClN2O6S. The zero-order chi connectivity index (χ0) is 19.5. The van der Waals surface area contributed by atoms with Crippen molar-refractivity contribution in [3.63, 3.8) is 0 Å². The van der Waals surface area contributed by atoms with E-state index in [0.29, 0.717) is 10.6 Å². The molecule has 0 saturated heterocycles. The topological polar surface area (TPSA) is 107 Å². The van der Waals surface area contributed by atoms with E-state index in [2.05, 4.69) is 4.74 Å². The van der Waals surface area contributed by atoms with E-state index >= 15 is 0 Å². The van der Waals surface area contributed by atoms with Gasteiger partial charge >= 0.3 is 5.97 Å². The van der Waals surface area contributed by atoms with Crippen LogP contribution < -0.4 is 4.31 Å². The van der Waals surface area contributed by atoms with Crippen molar-refractivity contribution in [3.05, 3.63) is 63.2 Å². The fraction of sp³-hybridized carbons (Fsp3) is 0.188. The molecule has 0 aliphatic carbocycles. The molecule has 10 heteroatoms. The summed E-state index contributed by atoms with van der Waals surface area (Å²) in [7, 11) is -3.15. The first-order valence-corrected chi connectivity index (χ1v) is 9.09. The maximum Gasteiger partial charge on any atom is 0.326 e. The van der Waals surface area contributed by atoms with Gasteiger partial charge in [0.25, 0.3) is 15.7 Å². The van der Waals surface area contributed by atoms with E-state index in [4.69, 9.17) is 11.6 Å². The van der Waals surface area contributed by atoms with E-state index in [0.717, 1.165) is 17.5 Å². The largest absolute Gasteiger partial charge is 0.468 e. The molecule has 0 unspecified atom stereocenters. The molecule has 0 saturated carbocycles. The Kier molecular flexibility index (Phi) is 5.83. The highest BCUT2D eigenvalue weighted by Gasteiger charge is 2.30. The zero-order valence-electron chi connectivity index (χ0n) is 13.9. The number of benzene rings is 2. The van der Waals surface area contributed by atoms with Crippen LogP contribution in [-0.4, -0.2) is 33.0 Å². The number of halogens is 1. The summed E-state index contributed by atoms with van der Waals surface area (Å²) in [5.74, 6) is -0.793. The second-order valence-corrected chi connectivity index (χ2v) is 7.50. The monoisotopic (exact) mass is 398 g/mol. The highest BCUT2D eigenvalue weighted by Crippen LogP contribution is 2.31. The van der Waals surface area contributed by atoms with Gasteiger partial charge in [-0.05, 0) is 30.7 Å². The summed E-state index contributed by atoms with van der Waals surface area (Å²) < 4.78 is 31.5. The Morgan fingerprint density at radius 1 is 1.27 bits per heavy atom. The predicted octanol–water partition coefficient (Wildman–Crippen LogP) is 2.92. The molecular weight excluding hydrogens is 384 g/mol. The Morgan fingerprint density at radius 3 is 2.54 bits per heavy atom. The number of carbonyl (C=O) groups is 1. The molecule has 0 aromatic heterocycles. The van der Waals surface area contributed by atoms with Crippen molar-refractivity contribution in [1.82, 2.24) is 0 Å². The maximum atomic E-state index is 13.1. The number of sulfonamides is 1. The number of nitro groups is 1. The molecule has 8 nitrogen and oxygen atoms in total. The molecule has 0 bridgehead atoms. The number of carbonyl (C=O) groups excluding carboxylic acids is 1. The number of methoxy groups -OCH3 is 1. The third-order valence-corrected chi connectivity index (χ3v) is 5.79. The van der Waals surface area contributed by atoms with E-state index in [1.807, 2.05) is 0 Å². The highest BCUT2D eigenvalue weighted by atomic mass is 35.5. The van der Waals surface area contributed by atoms with Crippen LogP contribution in [0.2, 0.25) is 5.02 Å². The molecule has 0 amide bonds. The van der Waals surface area contributed by atoms with Gasteiger partial charge in [0.2, 0.25) is 0 Å². The molecule has 0 fully saturated rings. The SMILES string of the molecule is COC(=O)CN(c1cccc(Cl)c1C)S(=O)(=O)c1cccc([N+](=O)[O-])c1. The van der Waals surface area contributed by atoms with E-state index in [1.54, 1.807) is 13.0 Å². The molecule has 0 atom stereocenters. The molecule has 2 aromatic rings. The summed E-state index contributed by atoms with van der Waals surface area (Å²) >= 11 is 6.06. The Hall–Kier alpha value is -2.65. The lowest BCUT2D eigenvalue weighted by Gasteiger charge is -2.25. The second kappa shape index (κ2) is 7.71. The number of hydrogen-bond acceptors (Lipinski definition) is 6. The van der Waals surface area contributed by atoms with Gasteiger partial charge in [-0.3, -0.25) is 19.2 Å². The Balaban J connectivity index is 2.64. The van der Waals surface area contributed by atoms with Crippen LogP contribution in [-0.2, 0) is 19.6 Å². The number of anilines is 1. The molecule has 0 N–H and O–H groups in total. The van der Waals surface area contributed by atoms with Crippen molar-refractivity contribution in [2.75, 3.05) is 18.0 Å². The lowest BCUT2D eigenvalue weighted by atomic mass is 10.2. The van der Waals surface area contributed by atoms with Gasteiger partial charge in [0.1, 0.15) is 6.54 Å². The number of nitro benzene ring substituents is 1. The standard InChI is InChI=1S/C16H15ClN2O6S/c1-11-14(17)7-4-8-15(11)18(10-16(20)25-2)26(23,24)13-6-3-5-12(9-13)19(21)22/h3-9H,10H2,1-2H3. The molecule has 0 aliphatic rings. The van der Waals surface area contributed by atoms with Gasteiger partial charge in [0.05, 0.1) is 22.6 Å². The summed E-state index contributed by atoms with van der Waals surface area (Å²) in [6.45, 7) is 0.994. The van der Waals surface area contributed by atoms with Crippen LogP contribution >= 0.6 is 11.6 Å². The molecule has 2 rings (SSSR count). The summed E-state index contributed by atoms with van der Waals surface area (Å²) in [5, 5.41) is 11.3. The van der Waals surface area contributed by atoms with Crippen molar-refractivity contribution in [1.29, 1.82) is 0 Å². The van der Waals surface area contributed by atoms with Crippen LogP contribution in [0.25, 0.3) is 0 Å². The van der Waals surface area contributed by atoms with Gasteiger partial charge in [0.15, 0.2) is 0 Å². The quantitative estimate of drug-likeness (QED) is 0.420. The molecule has 138 valence electrons. The van der Waals surface area contributed by atoms with Crippen molar-refractivity contribution in [2.24, 2.45) is 0 Å². The molecule has 0 radical (unpaired) electrons. The van der Waals surface area contributed by atoms with Crippen LogP contribution in [0.3, 0.4) is 0 Å². The van der Waals surface area contributed by atoms with Crippen molar-refractivity contribution in [3.8, 4) is 0 Å². The van der Waals surface area contributed by atoms with Gasteiger partial charge in [0, 0.05) is 17.2 Å². The van der Waals surface area contributed by atoms with Crippen LogP contribution in [0, 0.1) is 17.0 Å². The second-order valence-electron chi connectivity index (χ2n) is 5.23. The normalized spacial score (nSPS) is 11.0. The summed E-state index contributed by atoms with van der Waals surface area (Å²) in [4.78, 5) is 21.7. The minimum Gasteiger partial charge on any atom is -0.468 e. The molecule has 26 heavy (non-hydrogen) atoms. The predicted molar refractivity (Wildman–Crippen MR) is 95.8 cm³/mol. The number of hydrogen-bond donors (Lipinski definition) is 0. The minimum atomic E-state index is -4.29. The van der Waals surface area contributed by atoms with Crippen molar-refractivity contribution in [2.45, 2.75) is 11.8 Å². The molecule has 0 spiro atoms. The fourth-order valence-corrected chi connectivity index (χ4v) is 3.91. The Labute approximate surface area is 155 Å². The fourth-order valence-electron chi connectivity index (χ4n) is 2.23. The molecule has 0 heterocycles. The lowest BCUT2D eigenvalue weighted by molar-refractivity contribution is -0.385. The van der Waals surface area contributed by atoms with Gasteiger partial charge < -0.3 is 4.74 Å². The Bertz CT molecular complexity index is 961. The van der Waals surface area contributed by atoms with Gasteiger partial charge in [-0.25, -0.2) is 8.42 Å². The van der Waals surface area contributed by atoms with E-state index in [-0.39, 0.29) is 16.3 Å². The van der Waals surface area contributed by atoms with Gasteiger partial charge in [-0.1, -0.05) is 23.7 Å². The summed E-state index contributed by atoms with van der Waals surface area (Å²) in [6.07, 6.45) is 0. The van der Waals surface area contributed by atoms with Crippen LogP contribution in [0.1, 0.15) is 5.56 Å². The number of ether oxygens (including phenoxy) is 1. The van der Waals surface area contributed by atoms with E-state index in [9.17, 15) is 23.3 Å². The van der Waals surface area contributed by atoms with Crippen LogP contribution in [0.4, 0.5) is 11.4 Å². The van der Waals surface area contributed by atoms with E-state index < -0.39 is 27.5 Å². The van der Waals surface area contributed by atoms with Crippen molar-refractivity contribution < 1.29 is 22.9 Å². The highest BCUT2D eigenvalue weighted by molar-refractivity contribution is 7.92. The van der Waals surface area contributed by atoms with Gasteiger partial charge in [-0.2, -0.15) is 0 Å². The molecule has 0 aliphatic heterocycles. The third-order valence-electron chi connectivity index (χ3n) is 3.62. The first-order valence-electron chi connectivity index (χ1n) is 7.27. The lowest BCUT2D eigenvalue weighted by Crippen LogP contribution is -2.36. The summed E-state index contributed by atoms with van der Waals surface area (Å²) in [6, 6.07) is 9.18. The number of non-ortho nitro benzene ring substituents is 1. The first-order chi connectivity index (χ1) is 12.2.